The summed E-state index contributed by atoms with van der Waals surface area (Å²) in [5.41, 5.74) is 13.0. The lowest BCUT2D eigenvalue weighted by molar-refractivity contribution is 1.18. The second kappa shape index (κ2) is 7.55. The van der Waals surface area contributed by atoms with Crippen LogP contribution in [0.15, 0.2) is 116 Å². The van der Waals surface area contributed by atoms with Crippen molar-refractivity contribution >= 4 is 60.2 Å². The van der Waals surface area contributed by atoms with Crippen LogP contribution in [0.1, 0.15) is 11.1 Å². The van der Waals surface area contributed by atoms with Crippen LogP contribution in [-0.4, -0.2) is 23.9 Å². The number of rotatable bonds is 1. The van der Waals surface area contributed by atoms with E-state index in [1.807, 2.05) is 24.8 Å². The van der Waals surface area contributed by atoms with Crippen LogP contribution < -0.4 is 0 Å². The summed E-state index contributed by atoms with van der Waals surface area (Å²) >= 11 is 0. The number of imidazole rings is 1. The number of aromatic nitrogens is 5. The van der Waals surface area contributed by atoms with Gasteiger partial charge in [-0.3, -0.25) is 14.4 Å². The van der Waals surface area contributed by atoms with E-state index in [2.05, 4.69) is 110 Å². The van der Waals surface area contributed by atoms with Gasteiger partial charge in [-0.15, -0.1) is 0 Å². The lowest BCUT2D eigenvalue weighted by atomic mass is 9.99. The number of benzene rings is 4. The monoisotopic (exact) mass is 523 g/mol. The highest BCUT2D eigenvalue weighted by Gasteiger charge is 2.27. The zero-order valence-corrected chi connectivity index (χ0v) is 21.9. The van der Waals surface area contributed by atoms with Gasteiger partial charge in [0.05, 0.1) is 28.3 Å². The molecule has 1 aliphatic carbocycles. The Hall–Kier alpha value is -5.55. The second-order valence-electron chi connectivity index (χ2n) is 10.9. The number of hydrogen-bond donors (Lipinski definition) is 0. The van der Waals surface area contributed by atoms with Gasteiger partial charge in [-0.05, 0) is 58.8 Å². The Morgan fingerprint density at radius 1 is 0.585 bits per heavy atom. The third kappa shape index (κ3) is 2.63. The Morgan fingerprint density at radius 3 is 2.32 bits per heavy atom. The minimum absolute atomic E-state index is 0.886. The molecule has 190 valence electrons. The molecule has 0 unspecified atom stereocenters. The van der Waals surface area contributed by atoms with Crippen molar-refractivity contribution < 1.29 is 0 Å². The minimum atomic E-state index is 0.886. The molecule has 9 aromatic rings. The van der Waals surface area contributed by atoms with Crippen molar-refractivity contribution in [1.82, 2.24) is 23.9 Å². The molecule has 0 spiro atoms. The molecule has 5 aromatic heterocycles. The highest BCUT2D eigenvalue weighted by Crippen LogP contribution is 2.48. The van der Waals surface area contributed by atoms with Crippen LogP contribution in [0.5, 0.6) is 0 Å². The molecule has 0 bridgehead atoms. The van der Waals surface area contributed by atoms with Gasteiger partial charge in [0.15, 0.2) is 0 Å². The molecule has 0 amide bonds. The summed E-state index contributed by atoms with van der Waals surface area (Å²) in [6.45, 7) is 0. The first-order valence-corrected chi connectivity index (χ1v) is 13.9. The zero-order valence-electron chi connectivity index (χ0n) is 21.9. The van der Waals surface area contributed by atoms with Crippen molar-refractivity contribution in [2.45, 2.75) is 6.42 Å². The van der Waals surface area contributed by atoms with E-state index >= 15 is 0 Å². The molecule has 0 fully saturated rings. The van der Waals surface area contributed by atoms with Crippen molar-refractivity contribution in [3.63, 3.8) is 0 Å². The maximum absolute atomic E-state index is 5.21. The Balaban J connectivity index is 1.52. The molecule has 10 rings (SSSR count). The molecular formula is C36H21N5. The summed E-state index contributed by atoms with van der Waals surface area (Å²) in [5, 5.41) is 5.86. The molecule has 0 saturated heterocycles. The van der Waals surface area contributed by atoms with Crippen molar-refractivity contribution in [3.05, 3.63) is 127 Å². The second-order valence-corrected chi connectivity index (χ2v) is 10.9. The summed E-state index contributed by atoms with van der Waals surface area (Å²) in [6, 6.07) is 32.9. The summed E-state index contributed by atoms with van der Waals surface area (Å²) in [6.07, 6.45) is 8.51. The molecule has 0 aliphatic heterocycles. The number of para-hydroxylation sites is 1. The molecular weight excluding hydrogens is 502 g/mol. The first-order chi connectivity index (χ1) is 20.4. The SMILES string of the molecule is c1ccc(-n2c3ccc4c5cnccc5n5c6ccncc6nc5c4c3c3ccc4c(c32)-c2ccccc2C4)cc1. The Bertz CT molecular complexity index is 2550. The smallest absolute Gasteiger partial charge is 0.147 e. The fraction of sp³-hybridized carbons (Fsp3) is 0.0278. The highest BCUT2D eigenvalue weighted by atomic mass is 15.0. The first-order valence-electron chi connectivity index (χ1n) is 13.9. The van der Waals surface area contributed by atoms with Gasteiger partial charge in [0.1, 0.15) is 11.2 Å². The van der Waals surface area contributed by atoms with E-state index < -0.39 is 0 Å². The maximum Gasteiger partial charge on any atom is 0.147 e. The van der Waals surface area contributed by atoms with Crippen molar-refractivity contribution in [1.29, 1.82) is 0 Å². The molecule has 0 saturated carbocycles. The number of hydrogen-bond acceptors (Lipinski definition) is 3. The molecule has 5 heterocycles. The summed E-state index contributed by atoms with van der Waals surface area (Å²) < 4.78 is 4.74. The topological polar surface area (TPSA) is 48.0 Å². The number of pyridine rings is 3. The summed E-state index contributed by atoms with van der Waals surface area (Å²) in [4.78, 5) is 14.2. The first kappa shape index (κ1) is 21.3. The van der Waals surface area contributed by atoms with Gasteiger partial charge >= 0.3 is 0 Å². The molecule has 0 radical (unpaired) electrons. The van der Waals surface area contributed by atoms with Gasteiger partial charge in [-0.25, -0.2) is 4.98 Å². The predicted octanol–water partition coefficient (Wildman–Crippen LogP) is 8.25. The number of fused-ring (bicyclic) bond motifs is 16. The van der Waals surface area contributed by atoms with Crippen LogP contribution in [0.2, 0.25) is 0 Å². The van der Waals surface area contributed by atoms with Crippen LogP contribution in [0.3, 0.4) is 0 Å². The predicted molar refractivity (Wildman–Crippen MR) is 166 cm³/mol. The largest absolute Gasteiger partial charge is 0.309 e. The fourth-order valence-corrected chi connectivity index (χ4v) is 7.24. The third-order valence-electron chi connectivity index (χ3n) is 8.87. The summed E-state index contributed by atoms with van der Waals surface area (Å²) in [5.74, 6) is 0. The molecule has 1 aliphatic rings. The highest BCUT2D eigenvalue weighted by molar-refractivity contribution is 6.30. The van der Waals surface area contributed by atoms with E-state index in [4.69, 9.17) is 4.98 Å². The van der Waals surface area contributed by atoms with Gasteiger partial charge in [-0.1, -0.05) is 60.7 Å². The lowest BCUT2D eigenvalue weighted by Crippen LogP contribution is -1.96. The average Bonchev–Trinajstić information content (AvgIpc) is 3.71. The Kier molecular flexibility index (Phi) is 3.92. The number of nitrogens with zero attached hydrogens (tertiary/aromatic N) is 5. The molecule has 4 aromatic carbocycles. The van der Waals surface area contributed by atoms with E-state index in [1.54, 1.807) is 0 Å². The molecule has 0 N–H and O–H groups in total. The van der Waals surface area contributed by atoms with Crippen molar-refractivity contribution in [2.75, 3.05) is 0 Å². The molecule has 0 atom stereocenters. The normalized spacial score (nSPS) is 12.8. The lowest BCUT2D eigenvalue weighted by Gasteiger charge is -2.12. The van der Waals surface area contributed by atoms with E-state index in [9.17, 15) is 0 Å². The fourth-order valence-electron chi connectivity index (χ4n) is 7.24. The van der Waals surface area contributed by atoms with Gasteiger partial charge in [-0.2, -0.15) is 0 Å². The Morgan fingerprint density at radius 2 is 1.39 bits per heavy atom. The zero-order chi connectivity index (χ0) is 26.7. The van der Waals surface area contributed by atoms with E-state index in [0.29, 0.717) is 0 Å². The molecule has 5 nitrogen and oxygen atoms in total. The summed E-state index contributed by atoms with van der Waals surface area (Å²) in [7, 11) is 0. The van der Waals surface area contributed by atoms with Crippen LogP contribution in [0.25, 0.3) is 77.0 Å². The minimum Gasteiger partial charge on any atom is -0.309 e. The van der Waals surface area contributed by atoms with Gasteiger partial charge in [0, 0.05) is 51.4 Å². The Labute approximate surface area is 234 Å². The van der Waals surface area contributed by atoms with Crippen molar-refractivity contribution in [3.8, 4) is 16.8 Å². The van der Waals surface area contributed by atoms with Gasteiger partial charge in [0.25, 0.3) is 0 Å². The van der Waals surface area contributed by atoms with E-state index in [-0.39, 0.29) is 0 Å². The third-order valence-corrected chi connectivity index (χ3v) is 8.87. The molecule has 41 heavy (non-hydrogen) atoms. The van der Waals surface area contributed by atoms with E-state index in [0.717, 1.165) is 50.5 Å². The van der Waals surface area contributed by atoms with Gasteiger partial charge in [0.2, 0.25) is 0 Å². The van der Waals surface area contributed by atoms with Crippen molar-refractivity contribution in [2.24, 2.45) is 0 Å². The molecule has 5 heteroatoms. The van der Waals surface area contributed by atoms with Crippen LogP contribution in [-0.2, 0) is 6.42 Å². The van der Waals surface area contributed by atoms with E-state index in [1.165, 1.54) is 44.1 Å². The van der Waals surface area contributed by atoms with Gasteiger partial charge < -0.3 is 4.57 Å². The average molecular weight is 524 g/mol. The van der Waals surface area contributed by atoms with Crippen LogP contribution in [0.4, 0.5) is 0 Å². The van der Waals surface area contributed by atoms with Crippen LogP contribution >= 0.6 is 0 Å². The quantitative estimate of drug-likeness (QED) is 0.204. The van der Waals surface area contributed by atoms with Crippen LogP contribution in [0, 0.1) is 0 Å². The maximum atomic E-state index is 5.21. The standard InChI is InChI=1S/C36H21N5/c1-2-7-23(8-3-1)40-31-13-12-25-27-19-37-16-14-29(27)41-30-15-17-38-20-28(30)39-36(41)34(25)33(31)26-11-10-22-18-21-6-4-5-9-24(21)32(22)35(26)40/h1-17,19-20H,18H2.